The van der Waals surface area contributed by atoms with Gasteiger partial charge in [0.2, 0.25) is 0 Å². The minimum absolute atomic E-state index is 0.101. The SMILES string of the molecule is CC(C)c1ccccc1[C@H](C(=O)O)N1CC[C@@H](OCCCCc2ccc3c(n2)NCCC3)C1. The van der Waals surface area contributed by atoms with Crippen LogP contribution in [-0.2, 0) is 22.4 Å². The number of hydrogen-bond acceptors (Lipinski definition) is 5. The Morgan fingerprint density at radius 1 is 1.21 bits per heavy atom. The number of fused-ring (bicyclic) bond motifs is 1. The van der Waals surface area contributed by atoms with Crippen molar-refractivity contribution in [2.24, 2.45) is 0 Å². The van der Waals surface area contributed by atoms with Gasteiger partial charge < -0.3 is 15.2 Å². The maximum atomic E-state index is 12.2. The minimum atomic E-state index is -0.782. The molecular formula is C27H37N3O3. The number of aromatic nitrogens is 1. The second-order valence-corrected chi connectivity index (χ2v) is 9.60. The van der Waals surface area contributed by atoms with E-state index in [2.05, 4.69) is 36.2 Å². The van der Waals surface area contributed by atoms with Crippen molar-refractivity contribution >= 4 is 11.8 Å². The number of carboxylic acids is 1. The van der Waals surface area contributed by atoms with Crippen molar-refractivity contribution in [2.75, 3.05) is 31.6 Å². The Kier molecular flexibility index (Phi) is 7.99. The van der Waals surface area contributed by atoms with Crippen LogP contribution in [0.2, 0.25) is 0 Å². The van der Waals surface area contributed by atoms with Crippen LogP contribution < -0.4 is 5.32 Å². The van der Waals surface area contributed by atoms with Crippen LogP contribution in [0.3, 0.4) is 0 Å². The molecule has 1 saturated heterocycles. The summed E-state index contributed by atoms with van der Waals surface area (Å²) < 4.78 is 6.14. The summed E-state index contributed by atoms with van der Waals surface area (Å²) in [4.78, 5) is 19.0. The smallest absolute Gasteiger partial charge is 0.325 e. The van der Waals surface area contributed by atoms with Gasteiger partial charge in [0.05, 0.1) is 6.10 Å². The summed E-state index contributed by atoms with van der Waals surface area (Å²) in [5, 5.41) is 13.4. The number of benzene rings is 1. The van der Waals surface area contributed by atoms with Crippen molar-refractivity contribution in [3.63, 3.8) is 0 Å². The fourth-order valence-corrected chi connectivity index (χ4v) is 5.06. The standard InChI is InChI=1S/C27H37N3O3/c1-19(2)23-10-3-4-11-24(23)25(27(31)32)30-16-14-22(18-30)33-17-6-5-9-21-13-12-20-8-7-15-28-26(20)29-21/h3-4,10-13,19,22,25H,5-9,14-18H2,1-2H3,(H,28,29)(H,31,32)/t22-,25-/m1/s1. The highest BCUT2D eigenvalue weighted by Gasteiger charge is 2.35. The number of hydrogen-bond donors (Lipinski definition) is 2. The molecule has 6 nitrogen and oxygen atoms in total. The van der Waals surface area contributed by atoms with Gasteiger partial charge in [-0.3, -0.25) is 9.69 Å². The fourth-order valence-electron chi connectivity index (χ4n) is 5.06. The van der Waals surface area contributed by atoms with E-state index in [0.29, 0.717) is 13.2 Å². The Balaban J connectivity index is 1.24. The molecule has 2 N–H and O–H groups in total. The number of nitrogens with zero attached hydrogens (tertiary/aromatic N) is 2. The minimum Gasteiger partial charge on any atom is -0.480 e. The number of ether oxygens (including phenoxy) is 1. The van der Waals surface area contributed by atoms with E-state index >= 15 is 0 Å². The summed E-state index contributed by atoms with van der Waals surface area (Å²) >= 11 is 0. The lowest BCUT2D eigenvalue weighted by Gasteiger charge is -2.27. The van der Waals surface area contributed by atoms with Crippen LogP contribution in [0.15, 0.2) is 36.4 Å². The molecule has 2 atom stereocenters. The molecule has 2 aliphatic heterocycles. The highest BCUT2D eigenvalue weighted by molar-refractivity contribution is 5.76. The number of pyridine rings is 1. The Bertz CT molecular complexity index is 946. The molecule has 0 unspecified atom stereocenters. The van der Waals surface area contributed by atoms with Crippen LogP contribution >= 0.6 is 0 Å². The summed E-state index contributed by atoms with van der Waals surface area (Å²) in [6, 6.07) is 11.7. The molecule has 6 heteroatoms. The van der Waals surface area contributed by atoms with E-state index in [1.807, 2.05) is 24.3 Å². The van der Waals surface area contributed by atoms with Crippen molar-refractivity contribution in [2.45, 2.75) is 70.4 Å². The van der Waals surface area contributed by atoms with Crippen molar-refractivity contribution < 1.29 is 14.6 Å². The summed E-state index contributed by atoms with van der Waals surface area (Å²) in [6.07, 6.45) is 6.27. The zero-order valence-corrected chi connectivity index (χ0v) is 19.9. The molecular weight excluding hydrogens is 414 g/mol. The fraction of sp³-hybridized carbons (Fsp3) is 0.556. The molecule has 0 aliphatic carbocycles. The van der Waals surface area contributed by atoms with Crippen molar-refractivity contribution in [3.05, 3.63) is 58.8 Å². The third-order valence-electron chi connectivity index (χ3n) is 6.82. The molecule has 2 aliphatic rings. The quantitative estimate of drug-likeness (QED) is 0.505. The lowest BCUT2D eigenvalue weighted by molar-refractivity contribution is -0.143. The highest BCUT2D eigenvalue weighted by Crippen LogP contribution is 2.32. The molecule has 1 aromatic carbocycles. The zero-order valence-electron chi connectivity index (χ0n) is 19.9. The van der Waals surface area contributed by atoms with E-state index in [4.69, 9.17) is 9.72 Å². The Labute approximate surface area is 197 Å². The maximum absolute atomic E-state index is 12.2. The molecule has 2 aromatic rings. The zero-order chi connectivity index (χ0) is 23.2. The van der Waals surface area contributed by atoms with Gasteiger partial charge in [0.25, 0.3) is 0 Å². The number of likely N-dealkylation sites (tertiary alicyclic amines) is 1. The number of anilines is 1. The van der Waals surface area contributed by atoms with Crippen LogP contribution in [0.25, 0.3) is 0 Å². The summed E-state index contributed by atoms with van der Waals surface area (Å²) in [7, 11) is 0. The normalized spacial score (nSPS) is 19.3. The first-order valence-electron chi connectivity index (χ1n) is 12.4. The topological polar surface area (TPSA) is 74.7 Å². The van der Waals surface area contributed by atoms with Gasteiger partial charge in [-0.15, -0.1) is 0 Å². The third-order valence-corrected chi connectivity index (χ3v) is 6.82. The van der Waals surface area contributed by atoms with E-state index in [-0.39, 0.29) is 12.0 Å². The molecule has 0 saturated carbocycles. The number of aryl methyl sites for hydroxylation is 2. The van der Waals surface area contributed by atoms with Crippen LogP contribution in [0.4, 0.5) is 5.82 Å². The predicted octanol–water partition coefficient (Wildman–Crippen LogP) is 4.80. The molecule has 178 valence electrons. The van der Waals surface area contributed by atoms with Crippen molar-refractivity contribution in [1.82, 2.24) is 9.88 Å². The Morgan fingerprint density at radius 3 is 2.82 bits per heavy atom. The molecule has 4 rings (SSSR count). The van der Waals surface area contributed by atoms with Gasteiger partial charge >= 0.3 is 5.97 Å². The molecule has 3 heterocycles. The van der Waals surface area contributed by atoms with E-state index in [0.717, 1.165) is 67.8 Å². The predicted molar refractivity (Wildman–Crippen MR) is 131 cm³/mol. The third kappa shape index (κ3) is 5.92. The highest BCUT2D eigenvalue weighted by atomic mass is 16.5. The van der Waals surface area contributed by atoms with Crippen LogP contribution in [0.1, 0.15) is 73.9 Å². The maximum Gasteiger partial charge on any atom is 0.325 e. The number of carbonyl (C=O) groups is 1. The molecule has 1 aromatic heterocycles. The largest absolute Gasteiger partial charge is 0.480 e. The van der Waals surface area contributed by atoms with Gasteiger partial charge in [-0.2, -0.15) is 0 Å². The van der Waals surface area contributed by atoms with Crippen LogP contribution in [0, 0.1) is 0 Å². The van der Waals surface area contributed by atoms with Gasteiger partial charge in [0.1, 0.15) is 11.9 Å². The molecule has 0 spiro atoms. The average molecular weight is 452 g/mol. The lowest BCUT2D eigenvalue weighted by atomic mass is 9.92. The van der Waals surface area contributed by atoms with Gasteiger partial charge in [0, 0.05) is 31.9 Å². The van der Waals surface area contributed by atoms with E-state index in [1.165, 1.54) is 12.0 Å². The Morgan fingerprint density at radius 2 is 2.03 bits per heavy atom. The second kappa shape index (κ2) is 11.1. The van der Waals surface area contributed by atoms with Crippen LogP contribution in [0.5, 0.6) is 0 Å². The number of aliphatic carboxylic acids is 1. The molecule has 0 amide bonds. The number of nitrogens with one attached hydrogen (secondary N) is 1. The summed E-state index contributed by atoms with van der Waals surface area (Å²) in [6.45, 7) is 7.37. The first kappa shape index (κ1) is 23.7. The lowest BCUT2D eigenvalue weighted by Crippen LogP contribution is -2.34. The number of carboxylic acid groups (broad SMARTS) is 1. The summed E-state index contributed by atoms with van der Waals surface area (Å²) in [5.74, 6) is 0.571. The Hall–Kier alpha value is -2.44. The molecule has 0 radical (unpaired) electrons. The molecule has 33 heavy (non-hydrogen) atoms. The van der Waals surface area contributed by atoms with E-state index in [1.54, 1.807) is 0 Å². The monoisotopic (exact) mass is 451 g/mol. The average Bonchev–Trinajstić information content (AvgIpc) is 3.27. The molecule has 1 fully saturated rings. The van der Waals surface area contributed by atoms with Crippen LogP contribution in [-0.4, -0.2) is 53.3 Å². The van der Waals surface area contributed by atoms with Gasteiger partial charge in [-0.25, -0.2) is 4.98 Å². The number of rotatable bonds is 10. The van der Waals surface area contributed by atoms with Gasteiger partial charge in [-0.1, -0.05) is 44.2 Å². The van der Waals surface area contributed by atoms with E-state index in [9.17, 15) is 9.90 Å². The van der Waals surface area contributed by atoms with Gasteiger partial charge in [0.15, 0.2) is 0 Å². The second-order valence-electron chi connectivity index (χ2n) is 9.60. The molecule has 0 bridgehead atoms. The van der Waals surface area contributed by atoms with Crippen molar-refractivity contribution in [1.29, 1.82) is 0 Å². The van der Waals surface area contributed by atoms with E-state index < -0.39 is 12.0 Å². The first-order valence-corrected chi connectivity index (χ1v) is 12.4. The number of unbranched alkanes of at least 4 members (excludes halogenated alkanes) is 1. The van der Waals surface area contributed by atoms with Crippen molar-refractivity contribution in [3.8, 4) is 0 Å². The first-order chi connectivity index (χ1) is 16.0. The van der Waals surface area contributed by atoms with Gasteiger partial charge in [-0.05, 0) is 67.2 Å². The summed E-state index contributed by atoms with van der Waals surface area (Å²) in [5.41, 5.74) is 4.49.